The van der Waals surface area contributed by atoms with Crippen LogP contribution < -0.4 is 0 Å². The van der Waals surface area contributed by atoms with Crippen molar-refractivity contribution < 1.29 is 32.3 Å². The first-order valence-corrected chi connectivity index (χ1v) is 7.54. The quantitative estimate of drug-likeness (QED) is 0.814. The number of carbonyl (C=O) groups excluding carboxylic acids is 1. The molecule has 1 N–H and O–H groups in total. The lowest BCUT2D eigenvalue weighted by Gasteiger charge is -2.19. The van der Waals surface area contributed by atoms with Gasteiger partial charge in [0.2, 0.25) is 5.76 Å². The van der Waals surface area contributed by atoms with Crippen LogP contribution in [0.2, 0.25) is 0 Å². The van der Waals surface area contributed by atoms with E-state index in [9.17, 15) is 18.0 Å². The molecule has 20 heavy (non-hydrogen) atoms. The zero-order valence-corrected chi connectivity index (χ0v) is 12.2. The second-order valence-electron chi connectivity index (χ2n) is 5.20. The highest BCUT2D eigenvalue weighted by Gasteiger charge is 2.25. The average Bonchev–Trinajstić information content (AvgIpc) is 2.59. The van der Waals surface area contributed by atoms with E-state index in [0.29, 0.717) is 0 Å². The fourth-order valence-corrected chi connectivity index (χ4v) is 2.70. The highest BCUT2D eigenvalue weighted by Crippen LogP contribution is 2.15. The second-order valence-corrected chi connectivity index (χ2v) is 7.26. The summed E-state index contributed by atoms with van der Waals surface area (Å²) in [6.07, 6.45) is 1.09. The number of sulfone groups is 1. The molecule has 1 aromatic rings. The third kappa shape index (κ3) is 5.04. The Bertz CT molecular complexity index is 604. The van der Waals surface area contributed by atoms with Gasteiger partial charge in [-0.2, -0.15) is 0 Å². The molecule has 0 amide bonds. The monoisotopic (exact) mass is 304 g/mol. The van der Waals surface area contributed by atoms with Crippen LogP contribution in [0, 0.1) is 0 Å². The van der Waals surface area contributed by atoms with Crippen LogP contribution in [-0.4, -0.2) is 36.8 Å². The van der Waals surface area contributed by atoms with E-state index in [1.165, 1.54) is 6.07 Å². The Labute approximate surface area is 116 Å². The zero-order valence-electron chi connectivity index (χ0n) is 11.4. The molecule has 8 heteroatoms. The standard InChI is InChI=1S/C12H16O7S/c1-12(2,3)19-9(13)7-20(16,17)6-8-4-5-18-10(8)11(14)15/h4-5H,6-7H2,1-3H3,(H,14,15). The summed E-state index contributed by atoms with van der Waals surface area (Å²) in [5.74, 6) is -4.09. The fraction of sp³-hybridized carbons (Fsp3) is 0.500. The van der Waals surface area contributed by atoms with Gasteiger partial charge in [-0.15, -0.1) is 0 Å². The molecule has 0 unspecified atom stereocenters. The van der Waals surface area contributed by atoms with Gasteiger partial charge < -0.3 is 14.3 Å². The number of hydrogen-bond donors (Lipinski definition) is 1. The van der Waals surface area contributed by atoms with E-state index in [4.69, 9.17) is 9.84 Å². The van der Waals surface area contributed by atoms with E-state index in [1.54, 1.807) is 20.8 Å². The van der Waals surface area contributed by atoms with E-state index in [1.807, 2.05) is 0 Å². The minimum atomic E-state index is -3.83. The van der Waals surface area contributed by atoms with E-state index in [0.717, 1.165) is 6.26 Å². The lowest BCUT2D eigenvalue weighted by Crippen LogP contribution is -2.29. The maximum absolute atomic E-state index is 11.8. The predicted octanol–water partition coefficient (Wildman–Crippen LogP) is 1.23. The van der Waals surface area contributed by atoms with Gasteiger partial charge in [-0.3, -0.25) is 4.79 Å². The first-order valence-electron chi connectivity index (χ1n) is 5.72. The van der Waals surface area contributed by atoms with Crippen LogP contribution in [0.5, 0.6) is 0 Å². The van der Waals surface area contributed by atoms with Crippen LogP contribution >= 0.6 is 0 Å². The molecule has 112 valence electrons. The number of carboxylic acids is 1. The van der Waals surface area contributed by atoms with E-state index in [2.05, 4.69) is 4.42 Å². The van der Waals surface area contributed by atoms with Gasteiger partial charge in [0.05, 0.1) is 12.0 Å². The lowest BCUT2D eigenvalue weighted by molar-refractivity contribution is -0.151. The molecule has 7 nitrogen and oxygen atoms in total. The molecule has 0 saturated heterocycles. The smallest absolute Gasteiger partial charge is 0.372 e. The Morgan fingerprint density at radius 3 is 2.45 bits per heavy atom. The van der Waals surface area contributed by atoms with Gasteiger partial charge in [-0.05, 0) is 26.8 Å². The summed E-state index contributed by atoms with van der Waals surface area (Å²) in [6, 6.07) is 1.25. The van der Waals surface area contributed by atoms with E-state index >= 15 is 0 Å². The topological polar surface area (TPSA) is 111 Å². The zero-order chi connectivity index (χ0) is 15.6. The Kier molecular flexibility index (Phi) is 4.59. The largest absolute Gasteiger partial charge is 0.475 e. The van der Waals surface area contributed by atoms with Gasteiger partial charge in [0.25, 0.3) is 0 Å². The Balaban J connectivity index is 2.78. The predicted molar refractivity (Wildman–Crippen MR) is 69.0 cm³/mol. The molecule has 0 spiro atoms. The minimum absolute atomic E-state index is 0.000980. The molecular formula is C12H16O7S. The number of rotatable bonds is 5. The summed E-state index contributed by atoms with van der Waals surface area (Å²) >= 11 is 0. The van der Waals surface area contributed by atoms with E-state index in [-0.39, 0.29) is 5.56 Å². The number of esters is 1. The Morgan fingerprint density at radius 1 is 1.35 bits per heavy atom. The van der Waals surface area contributed by atoms with Crippen molar-refractivity contribution in [2.75, 3.05) is 5.75 Å². The number of ether oxygens (including phenoxy) is 1. The lowest BCUT2D eigenvalue weighted by atomic mass is 10.2. The molecule has 0 radical (unpaired) electrons. The number of aromatic carboxylic acids is 1. The number of carboxylic acid groups (broad SMARTS) is 1. The maximum Gasteiger partial charge on any atom is 0.372 e. The summed E-state index contributed by atoms with van der Waals surface area (Å²) in [5.41, 5.74) is -0.782. The molecule has 0 aliphatic rings. The van der Waals surface area contributed by atoms with Crippen LogP contribution in [-0.2, 0) is 25.1 Å². The molecule has 0 aromatic carbocycles. The van der Waals surface area contributed by atoms with Gasteiger partial charge in [0, 0.05) is 5.56 Å². The Hall–Kier alpha value is -1.83. The average molecular weight is 304 g/mol. The van der Waals surface area contributed by atoms with Crippen molar-refractivity contribution in [3.8, 4) is 0 Å². The molecule has 0 saturated carbocycles. The molecule has 1 heterocycles. The van der Waals surface area contributed by atoms with Crippen molar-refractivity contribution in [1.82, 2.24) is 0 Å². The van der Waals surface area contributed by atoms with Crippen LogP contribution in [0.15, 0.2) is 16.7 Å². The Morgan fingerprint density at radius 2 is 1.95 bits per heavy atom. The van der Waals surface area contributed by atoms with Crippen LogP contribution in [0.1, 0.15) is 36.9 Å². The van der Waals surface area contributed by atoms with Gasteiger partial charge in [-0.1, -0.05) is 0 Å². The van der Waals surface area contributed by atoms with Gasteiger partial charge >= 0.3 is 11.9 Å². The van der Waals surface area contributed by atoms with Gasteiger partial charge in [-0.25, -0.2) is 13.2 Å². The number of carbonyl (C=O) groups is 2. The number of furan rings is 1. The van der Waals surface area contributed by atoms with Crippen LogP contribution in [0.25, 0.3) is 0 Å². The summed E-state index contributed by atoms with van der Waals surface area (Å²) in [6.45, 7) is 4.86. The highest BCUT2D eigenvalue weighted by atomic mass is 32.2. The fourth-order valence-electron chi connectivity index (χ4n) is 1.48. The minimum Gasteiger partial charge on any atom is -0.475 e. The summed E-state index contributed by atoms with van der Waals surface area (Å²) < 4.78 is 33.3. The summed E-state index contributed by atoms with van der Waals surface area (Å²) in [7, 11) is -3.83. The normalized spacial score (nSPS) is 12.2. The third-order valence-electron chi connectivity index (χ3n) is 2.07. The summed E-state index contributed by atoms with van der Waals surface area (Å²) in [4.78, 5) is 22.3. The van der Waals surface area contributed by atoms with E-state index < -0.39 is 44.6 Å². The van der Waals surface area contributed by atoms with Crippen LogP contribution in [0.4, 0.5) is 0 Å². The van der Waals surface area contributed by atoms with Crippen molar-refractivity contribution in [3.63, 3.8) is 0 Å². The molecule has 0 fully saturated rings. The first kappa shape index (κ1) is 16.2. The van der Waals surface area contributed by atoms with Gasteiger partial charge in [0.1, 0.15) is 11.4 Å². The molecule has 0 bridgehead atoms. The molecule has 1 rings (SSSR count). The molecule has 0 atom stereocenters. The SMILES string of the molecule is CC(C)(C)OC(=O)CS(=O)(=O)Cc1ccoc1C(=O)O. The van der Waals surface area contributed by atoms with Crippen molar-refractivity contribution in [2.45, 2.75) is 32.1 Å². The van der Waals surface area contributed by atoms with Crippen molar-refractivity contribution in [2.24, 2.45) is 0 Å². The highest BCUT2D eigenvalue weighted by molar-refractivity contribution is 7.91. The van der Waals surface area contributed by atoms with Crippen molar-refractivity contribution >= 4 is 21.8 Å². The molecule has 1 aromatic heterocycles. The van der Waals surface area contributed by atoms with Crippen molar-refractivity contribution in [3.05, 3.63) is 23.7 Å². The first-order chi connectivity index (χ1) is 9.00. The molecule has 0 aliphatic carbocycles. The maximum atomic E-state index is 11.8. The second kappa shape index (κ2) is 5.66. The third-order valence-corrected chi connectivity index (χ3v) is 3.50. The number of hydrogen-bond acceptors (Lipinski definition) is 6. The van der Waals surface area contributed by atoms with Gasteiger partial charge in [0.15, 0.2) is 9.84 Å². The molecular weight excluding hydrogens is 288 g/mol. The summed E-state index contributed by atoms with van der Waals surface area (Å²) in [5, 5.41) is 8.81. The van der Waals surface area contributed by atoms with Crippen molar-refractivity contribution in [1.29, 1.82) is 0 Å². The molecule has 0 aliphatic heterocycles. The van der Waals surface area contributed by atoms with Crippen LogP contribution in [0.3, 0.4) is 0 Å².